The average Bonchev–Trinajstić information content (AvgIpc) is 2.59. The molecule has 0 radical (unpaired) electrons. The average molecular weight is 208 g/mol. The Morgan fingerprint density at radius 3 is 3.00 bits per heavy atom. The van der Waals surface area contributed by atoms with Gasteiger partial charge in [-0.1, -0.05) is 0 Å². The van der Waals surface area contributed by atoms with E-state index in [1.165, 1.54) is 12.1 Å². The standard InChI is InChI=1S/C11H13FN2O/c1-7(11(13)15)14-5-4-8-6-9(12)2-3-10(8)14/h2-3,6-7H,4-5H2,1H3,(H2,13,15). The Morgan fingerprint density at radius 1 is 1.60 bits per heavy atom. The van der Waals surface area contributed by atoms with E-state index < -0.39 is 0 Å². The lowest BCUT2D eigenvalue weighted by Crippen LogP contribution is -2.41. The predicted molar refractivity (Wildman–Crippen MR) is 56.1 cm³/mol. The molecule has 1 unspecified atom stereocenters. The second-order valence-corrected chi connectivity index (χ2v) is 3.79. The van der Waals surface area contributed by atoms with E-state index in [2.05, 4.69) is 0 Å². The maximum absolute atomic E-state index is 12.9. The van der Waals surface area contributed by atoms with E-state index in [9.17, 15) is 9.18 Å². The number of nitrogens with zero attached hydrogens (tertiary/aromatic N) is 1. The summed E-state index contributed by atoms with van der Waals surface area (Å²) < 4.78 is 12.9. The summed E-state index contributed by atoms with van der Waals surface area (Å²) in [5, 5.41) is 0. The van der Waals surface area contributed by atoms with E-state index in [0.29, 0.717) is 0 Å². The third-order valence-corrected chi connectivity index (χ3v) is 2.85. The summed E-state index contributed by atoms with van der Waals surface area (Å²) in [7, 11) is 0. The Labute approximate surface area is 87.7 Å². The first-order valence-electron chi connectivity index (χ1n) is 4.94. The van der Waals surface area contributed by atoms with Gasteiger partial charge in [-0.15, -0.1) is 0 Å². The first-order chi connectivity index (χ1) is 7.09. The summed E-state index contributed by atoms with van der Waals surface area (Å²) in [6, 6.07) is 4.29. The van der Waals surface area contributed by atoms with Crippen LogP contribution in [-0.2, 0) is 11.2 Å². The Bertz CT molecular complexity index is 406. The molecule has 0 saturated carbocycles. The van der Waals surface area contributed by atoms with E-state index in [4.69, 9.17) is 5.73 Å². The Hall–Kier alpha value is -1.58. The van der Waals surface area contributed by atoms with Crippen molar-refractivity contribution in [3.8, 4) is 0 Å². The quantitative estimate of drug-likeness (QED) is 0.790. The minimum atomic E-state index is -0.354. The number of carbonyl (C=O) groups is 1. The topological polar surface area (TPSA) is 46.3 Å². The van der Waals surface area contributed by atoms with Crippen LogP contribution in [0.15, 0.2) is 18.2 Å². The highest BCUT2D eigenvalue weighted by Gasteiger charge is 2.26. The minimum absolute atomic E-state index is 0.234. The number of hydrogen-bond acceptors (Lipinski definition) is 2. The largest absolute Gasteiger partial charge is 0.368 e. The van der Waals surface area contributed by atoms with E-state index in [0.717, 1.165) is 24.2 Å². The van der Waals surface area contributed by atoms with E-state index in [1.54, 1.807) is 13.0 Å². The Morgan fingerprint density at radius 2 is 2.33 bits per heavy atom. The first kappa shape index (κ1) is 9.96. The zero-order valence-electron chi connectivity index (χ0n) is 8.53. The molecule has 1 aliphatic rings. The van der Waals surface area contributed by atoms with Gasteiger partial charge in [0, 0.05) is 12.2 Å². The number of nitrogens with two attached hydrogens (primary N) is 1. The Balaban J connectivity index is 2.32. The van der Waals surface area contributed by atoms with Crippen LogP contribution in [-0.4, -0.2) is 18.5 Å². The van der Waals surface area contributed by atoms with Gasteiger partial charge >= 0.3 is 0 Å². The van der Waals surface area contributed by atoms with Crippen molar-refractivity contribution in [2.45, 2.75) is 19.4 Å². The molecule has 0 saturated heterocycles. The van der Waals surface area contributed by atoms with Crippen molar-refractivity contribution >= 4 is 11.6 Å². The van der Waals surface area contributed by atoms with Crippen molar-refractivity contribution in [3.05, 3.63) is 29.6 Å². The molecule has 1 aromatic rings. The van der Waals surface area contributed by atoms with Gasteiger partial charge in [-0.25, -0.2) is 4.39 Å². The molecule has 1 atom stereocenters. The molecule has 3 nitrogen and oxygen atoms in total. The SMILES string of the molecule is CC(C(N)=O)N1CCc2cc(F)ccc21. The van der Waals surface area contributed by atoms with Gasteiger partial charge in [0.25, 0.3) is 0 Å². The fraction of sp³-hybridized carbons (Fsp3) is 0.364. The predicted octanol–water partition coefficient (Wildman–Crippen LogP) is 1.06. The fourth-order valence-corrected chi connectivity index (χ4v) is 1.95. The second kappa shape index (κ2) is 3.53. The summed E-state index contributed by atoms with van der Waals surface area (Å²) in [4.78, 5) is 13.0. The maximum atomic E-state index is 12.9. The van der Waals surface area contributed by atoms with Crippen LogP contribution in [0.25, 0.3) is 0 Å². The van der Waals surface area contributed by atoms with Crippen molar-refractivity contribution in [2.75, 3.05) is 11.4 Å². The van der Waals surface area contributed by atoms with Crippen LogP contribution in [0.2, 0.25) is 0 Å². The molecule has 4 heteroatoms. The van der Waals surface area contributed by atoms with Crippen molar-refractivity contribution < 1.29 is 9.18 Å². The number of carbonyl (C=O) groups excluding carboxylic acids is 1. The monoisotopic (exact) mass is 208 g/mol. The molecule has 0 bridgehead atoms. The molecule has 1 amide bonds. The van der Waals surface area contributed by atoms with Gasteiger partial charge in [-0.2, -0.15) is 0 Å². The van der Waals surface area contributed by atoms with Crippen molar-refractivity contribution in [1.29, 1.82) is 0 Å². The lowest BCUT2D eigenvalue weighted by molar-refractivity contribution is -0.118. The molecule has 2 rings (SSSR count). The van der Waals surface area contributed by atoms with Gasteiger partial charge in [0.1, 0.15) is 11.9 Å². The molecule has 0 fully saturated rings. The van der Waals surface area contributed by atoms with Gasteiger partial charge in [-0.3, -0.25) is 4.79 Å². The molecule has 80 valence electrons. The molecule has 0 spiro atoms. The van der Waals surface area contributed by atoms with Gasteiger partial charge in [-0.05, 0) is 37.1 Å². The molecule has 1 heterocycles. The van der Waals surface area contributed by atoms with Gasteiger partial charge in [0.05, 0.1) is 0 Å². The van der Waals surface area contributed by atoms with Crippen LogP contribution < -0.4 is 10.6 Å². The summed E-state index contributed by atoms with van der Waals surface area (Å²) in [6.45, 7) is 2.49. The maximum Gasteiger partial charge on any atom is 0.239 e. The normalized spacial score (nSPS) is 16.3. The molecular weight excluding hydrogens is 195 g/mol. The lowest BCUT2D eigenvalue weighted by atomic mass is 10.1. The number of benzene rings is 1. The number of hydrogen-bond donors (Lipinski definition) is 1. The molecule has 0 aliphatic carbocycles. The molecule has 1 aromatic carbocycles. The van der Waals surface area contributed by atoms with E-state index >= 15 is 0 Å². The number of rotatable bonds is 2. The van der Waals surface area contributed by atoms with Crippen LogP contribution in [0.1, 0.15) is 12.5 Å². The smallest absolute Gasteiger partial charge is 0.239 e. The summed E-state index contributed by atoms with van der Waals surface area (Å²) >= 11 is 0. The zero-order valence-corrected chi connectivity index (χ0v) is 8.53. The van der Waals surface area contributed by atoms with Gasteiger partial charge in [0.2, 0.25) is 5.91 Å². The minimum Gasteiger partial charge on any atom is -0.368 e. The van der Waals surface area contributed by atoms with Crippen LogP contribution in [0.5, 0.6) is 0 Å². The van der Waals surface area contributed by atoms with E-state index in [1.807, 2.05) is 4.90 Å². The highest BCUT2D eigenvalue weighted by molar-refractivity contribution is 5.84. The van der Waals surface area contributed by atoms with Crippen molar-refractivity contribution in [2.24, 2.45) is 5.73 Å². The van der Waals surface area contributed by atoms with Crippen LogP contribution in [0.3, 0.4) is 0 Å². The number of anilines is 1. The van der Waals surface area contributed by atoms with Crippen molar-refractivity contribution in [3.63, 3.8) is 0 Å². The molecular formula is C11H13FN2O. The Kier molecular flexibility index (Phi) is 2.34. The van der Waals surface area contributed by atoms with Crippen LogP contribution in [0, 0.1) is 5.82 Å². The van der Waals surface area contributed by atoms with Gasteiger partial charge < -0.3 is 10.6 Å². The molecule has 15 heavy (non-hydrogen) atoms. The highest BCUT2D eigenvalue weighted by Crippen LogP contribution is 2.29. The summed E-state index contributed by atoms with van der Waals surface area (Å²) in [6.07, 6.45) is 0.769. The third kappa shape index (κ3) is 1.67. The zero-order chi connectivity index (χ0) is 11.0. The fourth-order valence-electron chi connectivity index (χ4n) is 1.95. The van der Waals surface area contributed by atoms with Crippen LogP contribution in [0.4, 0.5) is 10.1 Å². The number of amides is 1. The molecule has 1 aliphatic heterocycles. The third-order valence-electron chi connectivity index (χ3n) is 2.85. The highest BCUT2D eigenvalue weighted by atomic mass is 19.1. The number of fused-ring (bicyclic) bond motifs is 1. The molecule has 2 N–H and O–H groups in total. The van der Waals surface area contributed by atoms with E-state index in [-0.39, 0.29) is 17.8 Å². The lowest BCUT2D eigenvalue weighted by Gasteiger charge is -2.24. The number of halogens is 1. The number of primary amides is 1. The second-order valence-electron chi connectivity index (χ2n) is 3.79. The van der Waals surface area contributed by atoms with Gasteiger partial charge in [0.15, 0.2) is 0 Å². The van der Waals surface area contributed by atoms with Crippen LogP contribution >= 0.6 is 0 Å². The molecule has 0 aromatic heterocycles. The summed E-state index contributed by atoms with van der Waals surface area (Å²) in [5.74, 6) is -0.588. The first-order valence-corrected chi connectivity index (χ1v) is 4.94. The summed E-state index contributed by atoms with van der Waals surface area (Å²) in [5.41, 5.74) is 7.11. The van der Waals surface area contributed by atoms with Crippen molar-refractivity contribution in [1.82, 2.24) is 0 Å².